The molecule has 30 heavy (non-hydrogen) atoms. The number of carbonyl (C=O) groups is 1. The predicted molar refractivity (Wildman–Crippen MR) is 123 cm³/mol. The van der Waals surface area contributed by atoms with Gasteiger partial charge < -0.3 is 9.88 Å². The molecule has 1 aliphatic carbocycles. The highest BCUT2D eigenvalue weighted by molar-refractivity contribution is 8.00. The second-order valence-electron chi connectivity index (χ2n) is 7.16. The highest BCUT2D eigenvalue weighted by Gasteiger charge is 2.24. The molecule has 1 aliphatic rings. The number of thioether (sulfide) groups is 1. The van der Waals surface area contributed by atoms with E-state index in [1.165, 1.54) is 23.1 Å². The molecule has 0 saturated heterocycles. The molecule has 9 heteroatoms. The van der Waals surface area contributed by atoms with Crippen molar-refractivity contribution in [2.24, 2.45) is 0 Å². The Labute approximate surface area is 188 Å². The summed E-state index contributed by atoms with van der Waals surface area (Å²) in [5.41, 5.74) is 1.79. The van der Waals surface area contributed by atoms with Gasteiger partial charge in [-0.25, -0.2) is 0 Å². The lowest BCUT2D eigenvalue weighted by atomic mass is 10.1. The Hall–Kier alpha value is -2.15. The fraction of sp³-hybridized carbons (Fsp3) is 0.429. The van der Waals surface area contributed by atoms with E-state index < -0.39 is 0 Å². The first-order valence-electron chi connectivity index (χ1n) is 10.1. The Morgan fingerprint density at radius 2 is 2.20 bits per heavy atom. The molecular weight excluding hydrogens is 434 g/mol. The fourth-order valence-electron chi connectivity index (χ4n) is 3.62. The van der Waals surface area contributed by atoms with Gasteiger partial charge >= 0.3 is 0 Å². The Morgan fingerprint density at radius 1 is 1.37 bits per heavy atom. The van der Waals surface area contributed by atoms with E-state index in [0.29, 0.717) is 10.6 Å². The zero-order valence-electron chi connectivity index (χ0n) is 17.0. The molecule has 0 unspecified atom stereocenters. The van der Waals surface area contributed by atoms with E-state index in [9.17, 15) is 10.1 Å². The molecule has 1 atom stereocenters. The van der Waals surface area contributed by atoms with Crippen molar-refractivity contribution in [3.63, 3.8) is 0 Å². The smallest absolute Gasteiger partial charge is 0.238 e. The molecule has 0 fully saturated rings. The molecule has 3 heterocycles. The Morgan fingerprint density at radius 3 is 2.93 bits per heavy atom. The summed E-state index contributed by atoms with van der Waals surface area (Å²) in [5.74, 6) is 0.715. The van der Waals surface area contributed by atoms with E-state index in [1.807, 2.05) is 35.9 Å². The van der Waals surface area contributed by atoms with E-state index in [0.717, 1.165) is 53.6 Å². The van der Waals surface area contributed by atoms with Crippen molar-refractivity contribution in [3.8, 4) is 16.8 Å². The molecule has 1 amide bonds. The van der Waals surface area contributed by atoms with Crippen molar-refractivity contribution in [2.75, 3.05) is 5.32 Å². The number of nitrogens with zero attached hydrogens (tertiary/aromatic N) is 4. The second kappa shape index (κ2) is 9.33. The van der Waals surface area contributed by atoms with Crippen LogP contribution in [-0.2, 0) is 24.2 Å². The van der Waals surface area contributed by atoms with Gasteiger partial charge in [-0.05, 0) is 56.5 Å². The summed E-state index contributed by atoms with van der Waals surface area (Å²) in [7, 11) is 0. The molecule has 3 aromatic heterocycles. The standard InChI is InChI=1S/C21H23N5OS3/c1-3-26-18(17-10-7-11-28-17)24-25-21(26)29-13(2)19(27)23-20-15(12-22)14-8-5-4-6-9-16(14)30-20/h7,10-11,13H,3-6,8-9H2,1-2H3,(H,23,27)/t13-/m0/s1. The number of fused-ring (bicyclic) bond motifs is 1. The number of nitrogens with one attached hydrogen (secondary N) is 1. The maximum absolute atomic E-state index is 12.9. The number of thiophene rings is 2. The van der Waals surface area contributed by atoms with Gasteiger partial charge in [-0.2, -0.15) is 5.26 Å². The monoisotopic (exact) mass is 457 g/mol. The van der Waals surface area contributed by atoms with Crippen LogP contribution in [0.4, 0.5) is 5.00 Å². The maximum Gasteiger partial charge on any atom is 0.238 e. The van der Waals surface area contributed by atoms with Crippen LogP contribution < -0.4 is 5.32 Å². The third kappa shape index (κ3) is 4.17. The Kier molecular flexibility index (Phi) is 6.56. The van der Waals surface area contributed by atoms with Crippen LogP contribution in [0.15, 0.2) is 22.7 Å². The summed E-state index contributed by atoms with van der Waals surface area (Å²) in [6, 6.07) is 6.34. The molecule has 4 rings (SSSR count). The van der Waals surface area contributed by atoms with Crippen LogP contribution >= 0.6 is 34.4 Å². The number of anilines is 1. The number of aryl methyl sites for hydroxylation is 1. The summed E-state index contributed by atoms with van der Waals surface area (Å²) >= 11 is 4.59. The summed E-state index contributed by atoms with van der Waals surface area (Å²) < 4.78 is 2.04. The molecule has 0 bridgehead atoms. The number of hydrogen-bond acceptors (Lipinski definition) is 7. The van der Waals surface area contributed by atoms with Gasteiger partial charge in [0.2, 0.25) is 5.91 Å². The lowest BCUT2D eigenvalue weighted by molar-refractivity contribution is -0.115. The van der Waals surface area contributed by atoms with E-state index in [1.54, 1.807) is 22.7 Å². The van der Waals surface area contributed by atoms with Crippen molar-refractivity contribution in [3.05, 3.63) is 33.5 Å². The Bertz CT molecular complexity index is 1080. The number of nitriles is 1. The van der Waals surface area contributed by atoms with Crippen LogP contribution in [0.25, 0.3) is 10.7 Å². The van der Waals surface area contributed by atoms with Crippen LogP contribution in [0.5, 0.6) is 0 Å². The van der Waals surface area contributed by atoms with Crippen LogP contribution in [-0.4, -0.2) is 25.9 Å². The van der Waals surface area contributed by atoms with Crippen LogP contribution in [0.3, 0.4) is 0 Å². The zero-order valence-corrected chi connectivity index (χ0v) is 19.4. The zero-order chi connectivity index (χ0) is 21.1. The second-order valence-corrected chi connectivity index (χ2v) is 10.5. The maximum atomic E-state index is 12.9. The molecule has 1 N–H and O–H groups in total. The first-order chi connectivity index (χ1) is 14.6. The molecule has 0 saturated carbocycles. The van der Waals surface area contributed by atoms with Gasteiger partial charge in [0.1, 0.15) is 11.1 Å². The molecule has 156 valence electrons. The average Bonchev–Trinajstić information content (AvgIpc) is 3.43. The minimum Gasteiger partial charge on any atom is -0.316 e. The SMILES string of the molecule is CCn1c(S[C@@H](C)C(=O)Nc2sc3c(c2C#N)CCCCC3)nnc1-c1cccs1. The van der Waals surface area contributed by atoms with Crippen LogP contribution in [0.2, 0.25) is 0 Å². The third-order valence-electron chi connectivity index (χ3n) is 5.20. The average molecular weight is 458 g/mol. The van der Waals surface area contributed by atoms with Crippen molar-refractivity contribution in [1.29, 1.82) is 5.26 Å². The van der Waals surface area contributed by atoms with Crippen molar-refractivity contribution >= 4 is 45.3 Å². The number of amides is 1. The highest BCUT2D eigenvalue weighted by Crippen LogP contribution is 2.37. The summed E-state index contributed by atoms with van der Waals surface area (Å²) in [6.07, 6.45) is 5.39. The molecular formula is C21H23N5OS3. The van der Waals surface area contributed by atoms with Crippen molar-refractivity contribution in [1.82, 2.24) is 14.8 Å². The van der Waals surface area contributed by atoms with Gasteiger partial charge in [-0.3, -0.25) is 4.79 Å². The molecule has 6 nitrogen and oxygen atoms in total. The van der Waals surface area contributed by atoms with Gasteiger partial charge in [0.25, 0.3) is 0 Å². The van der Waals surface area contributed by atoms with E-state index >= 15 is 0 Å². The molecule has 0 radical (unpaired) electrons. The summed E-state index contributed by atoms with van der Waals surface area (Å²) in [4.78, 5) is 15.2. The first kappa shape index (κ1) is 21.1. The van der Waals surface area contributed by atoms with Crippen molar-refractivity contribution < 1.29 is 4.79 Å². The molecule has 0 spiro atoms. The topological polar surface area (TPSA) is 83.6 Å². The number of carbonyl (C=O) groups excluding carboxylic acids is 1. The van der Waals surface area contributed by atoms with Crippen LogP contribution in [0, 0.1) is 11.3 Å². The predicted octanol–water partition coefficient (Wildman–Crippen LogP) is 5.35. The Balaban J connectivity index is 1.50. The number of aromatic nitrogens is 3. The minimum absolute atomic E-state index is 0.115. The number of hydrogen-bond donors (Lipinski definition) is 1. The van der Waals surface area contributed by atoms with E-state index in [4.69, 9.17) is 0 Å². The third-order valence-corrected chi connectivity index (χ3v) is 8.35. The molecule has 0 aromatic carbocycles. The van der Waals surface area contributed by atoms with Gasteiger partial charge in [0.05, 0.1) is 15.7 Å². The largest absolute Gasteiger partial charge is 0.316 e. The first-order valence-corrected chi connectivity index (χ1v) is 12.7. The summed E-state index contributed by atoms with van der Waals surface area (Å²) in [6.45, 7) is 4.64. The fourth-order valence-corrected chi connectivity index (χ4v) is 6.50. The molecule has 3 aromatic rings. The normalized spacial score (nSPS) is 14.6. The lowest BCUT2D eigenvalue weighted by Gasteiger charge is -2.12. The highest BCUT2D eigenvalue weighted by atomic mass is 32.2. The lowest BCUT2D eigenvalue weighted by Crippen LogP contribution is -2.23. The summed E-state index contributed by atoms with van der Waals surface area (Å²) in [5, 5.41) is 24.4. The van der Waals surface area contributed by atoms with Crippen molar-refractivity contribution in [2.45, 2.75) is 62.9 Å². The van der Waals surface area contributed by atoms with Crippen LogP contribution in [0.1, 0.15) is 49.1 Å². The molecule has 0 aliphatic heterocycles. The van der Waals surface area contributed by atoms with Gasteiger partial charge in [0.15, 0.2) is 11.0 Å². The quantitative estimate of drug-likeness (QED) is 0.398. The minimum atomic E-state index is -0.357. The van der Waals surface area contributed by atoms with E-state index in [-0.39, 0.29) is 11.2 Å². The van der Waals surface area contributed by atoms with E-state index in [2.05, 4.69) is 21.6 Å². The van der Waals surface area contributed by atoms with Gasteiger partial charge in [-0.1, -0.05) is 24.2 Å². The number of rotatable bonds is 6. The van der Waals surface area contributed by atoms with Gasteiger partial charge in [-0.15, -0.1) is 32.9 Å². The van der Waals surface area contributed by atoms with Gasteiger partial charge in [0, 0.05) is 11.4 Å².